The van der Waals surface area contributed by atoms with Crippen LogP contribution in [0.25, 0.3) is 6.08 Å². The van der Waals surface area contributed by atoms with Gasteiger partial charge in [-0.2, -0.15) is 8.42 Å². The van der Waals surface area contributed by atoms with E-state index in [1.807, 2.05) is 30.3 Å². The van der Waals surface area contributed by atoms with Crippen LogP contribution in [0.15, 0.2) is 74.2 Å². The lowest BCUT2D eigenvalue weighted by molar-refractivity contribution is -0.122. The second kappa shape index (κ2) is 10.9. The van der Waals surface area contributed by atoms with Crippen molar-refractivity contribution in [2.45, 2.75) is 17.7 Å². The van der Waals surface area contributed by atoms with E-state index in [4.69, 9.17) is 21.1 Å². The van der Waals surface area contributed by atoms with Crippen molar-refractivity contribution in [1.82, 2.24) is 4.90 Å². The standard InChI is InChI=1S/C24H21ClN2O5S3/c1-3-27-23(28)20(33-24(27)26-35(29,30)22-12-11-21(25)34-22)14-17-9-10-18(19(13-17)31-2)32-15-16-7-5-4-6-8-16/h4-14H,3,15H2,1-2H3. The van der Waals surface area contributed by atoms with Crippen LogP contribution in [0.5, 0.6) is 11.5 Å². The van der Waals surface area contributed by atoms with Crippen molar-refractivity contribution in [3.8, 4) is 11.5 Å². The van der Waals surface area contributed by atoms with Crippen LogP contribution in [0, 0.1) is 0 Å². The monoisotopic (exact) mass is 548 g/mol. The number of nitrogens with zero attached hydrogens (tertiary/aromatic N) is 2. The van der Waals surface area contributed by atoms with Crippen LogP contribution < -0.4 is 9.47 Å². The van der Waals surface area contributed by atoms with Crippen LogP contribution in [0.1, 0.15) is 18.1 Å². The number of methoxy groups -OCH3 is 1. The predicted molar refractivity (Wildman–Crippen MR) is 141 cm³/mol. The third-order valence-electron chi connectivity index (χ3n) is 4.93. The van der Waals surface area contributed by atoms with E-state index < -0.39 is 10.0 Å². The van der Waals surface area contributed by atoms with Gasteiger partial charge in [0.15, 0.2) is 16.7 Å². The predicted octanol–water partition coefficient (Wildman–Crippen LogP) is 5.67. The highest BCUT2D eigenvalue weighted by molar-refractivity contribution is 8.19. The summed E-state index contributed by atoms with van der Waals surface area (Å²) >= 11 is 7.79. The molecule has 3 aromatic rings. The van der Waals surface area contributed by atoms with E-state index in [1.54, 1.807) is 38.3 Å². The first kappa shape index (κ1) is 25.3. The van der Waals surface area contributed by atoms with Crippen molar-refractivity contribution >= 4 is 61.9 Å². The number of ether oxygens (including phenoxy) is 2. The Bertz CT molecular complexity index is 1400. The molecule has 0 saturated carbocycles. The molecule has 182 valence electrons. The molecule has 1 saturated heterocycles. The Morgan fingerprint density at radius 2 is 1.86 bits per heavy atom. The Morgan fingerprint density at radius 3 is 2.51 bits per heavy atom. The van der Waals surface area contributed by atoms with Crippen LogP contribution in [-0.4, -0.2) is 38.0 Å². The Hall–Kier alpha value is -2.79. The van der Waals surface area contributed by atoms with Crippen molar-refractivity contribution in [1.29, 1.82) is 0 Å². The van der Waals surface area contributed by atoms with Crippen molar-refractivity contribution < 1.29 is 22.7 Å². The quantitative estimate of drug-likeness (QED) is 0.337. The maximum Gasteiger partial charge on any atom is 0.294 e. The summed E-state index contributed by atoms with van der Waals surface area (Å²) in [7, 11) is -2.44. The molecule has 0 unspecified atom stereocenters. The van der Waals surface area contributed by atoms with Crippen LogP contribution in [0.4, 0.5) is 0 Å². The highest BCUT2D eigenvalue weighted by Gasteiger charge is 2.34. The summed E-state index contributed by atoms with van der Waals surface area (Å²) in [6, 6.07) is 18.0. The molecule has 1 fully saturated rings. The lowest BCUT2D eigenvalue weighted by Crippen LogP contribution is -2.29. The van der Waals surface area contributed by atoms with Crippen LogP contribution in [0.2, 0.25) is 4.34 Å². The number of thioether (sulfide) groups is 1. The average molecular weight is 549 g/mol. The minimum Gasteiger partial charge on any atom is -0.493 e. The summed E-state index contributed by atoms with van der Waals surface area (Å²) in [5, 5.41) is 0.100. The molecular weight excluding hydrogens is 528 g/mol. The Morgan fingerprint density at radius 1 is 1.09 bits per heavy atom. The van der Waals surface area contributed by atoms with Crippen molar-refractivity contribution in [3.63, 3.8) is 0 Å². The Balaban J connectivity index is 1.57. The van der Waals surface area contributed by atoms with E-state index in [9.17, 15) is 13.2 Å². The number of likely N-dealkylation sites (N-methyl/N-ethyl adjacent to an activating group) is 1. The lowest BCUT2D eigenvalue weighted by atomic mass is 10.1. The molecule has 0 bridgehead atoms. The average Bonchev–Trinajstić information content (AvgIpc) is 3.41. The highest BCUT2D eigenvalue weighted by atomic mass is 35.5. The van der Waals surface area contributed by atoms with E-state index in [0.29, 0.717) is 32.9 Å². The van der Waals surface area contributed by atoms with Crippen molar-refractivity contribution in [3.05, 3.63) is 81.0 Å². The zero-order chi connectivity index (χ0) is 25.0. The van der Waals surface area contributed by atoms with Gasteiger partial charge in [-0.15, -0.1) is 15.7 Å². The number of benzene rings is 2. The fourth-order valence-corrected chi connectivity index (χ4v) is 6.92. The molecule has 0 radical (unpaired) electrons. The molecular formula is C24H21ClN2O5S3. The summed E-state index contributed by atoms with van der Waals surface area (Å²) in [6.45, 7) is 2.42. The van der Waals surface area contributed by atoms with Gasteiger partial charge in [0.25, 0.3) is 15.9 Å². The van der Waals surface area contributed by atoms with Gasteiger partial charge in [0.1, 0.15) is 10.8 Å². The van der Waals surface area contributed by atoms with Crippen molar-refractivity contribution in [2.24, 2.45) is 4.40 Å². The number of rotatable bonds is 8. The Kier molecular flexibility index (Phi) is 7.85. The molecule has 4 rings (SSSR count). The molecule has 2 aromatic carbocycles. The van der Waals surface area contributed by atoms with Crippen LogP contribution >= 0.6 is 34.7 Å². The number of amides is 1. The minimum atomic E-state index is -3.99. The number of sulfonamides is 1. The molecule has 0 atom stereocenters. The maximum absolute atomic E-state index is 12.9. The first-order chi connectivity index (χ1) is 16.8. The van der Waals surface area contributed by atoms with Gasteiger partial charge < -0.3 is 9.47 Å². The minimum absolute atomic E-state index is 0.0207. The summed E-state index contributed by atoms with van der Waals surface area (Å²) in [4.78, 5) is 14.6. The second-order valence-corrected chi connectivity index (χ2v) is 11.8. The van der Waals surface area contributed by atoms with Gasteiger partial charge in [0, 0.05) is 6.54 Å². The lowest BCUT2D eigenvalue weighted by Gasteiger charge is -2.12. The molecule has 35 heavy (non-hydrogen) atoms. The molecule has 1 aliphatic rings. The first-order valence-electron chi connectivity index (χ1n) is 10.5. The number of hydrogen-bond donors (Lipinski definition) is 0. The third kappa shape index (κ3) is 5.90. The summed E-state index contributed by atoms with van der Waals surface area (Å²) < 4.78 is 41.0. The normalized spacial score (nSPS) is 16.3. The number of amidine groups is 1. The van der Waals surface area contributed by atoms with Gasteiger partial charge in [-0.05, 0) is 60.2 Å². The maximum atomic E-state index is 12.9. The molecule has 0 N–H and O–H groups in total. The van der Waals surface area contributed by atoms with Gasteiger partial charge >= 0.3 is 0 Å². The van der Waals surface area contributed by atoms with Gasteiger partial charge in [-0.25, -0.2) is 0 Å². The largest absolute Gasteiger partial charge is 0.493 e. The second-order valence-electron chi connectivity index (χ2n) is 7.25. The number of halogens is 1. The molecule has 1 amide bonds. The summed E-state index contributed by atoms with van der Waals surface area (Å²) in [6.07, 6.45) is 1.68. The number of hydrogen-bond acceptors (Lipinski definition) is 7. The van der Waals surface area contributed by atoms with E-state index in [2.05, 4.69) is 4.40 Å². The fraction of sp³-hybridized carbons (Fsp3) is 0.167. The molecule has 1 aromatic heterocycles. The molecule has 0 aliphatic carbocycles. The van der Waals surface area contributed by atoms with E-state index in [0.717, 1.165) is 28.7 Å². The van der Waals surface area contributed by atoms with E-state index >= 15 is 0 Å². The molecule has 11 heteroatoms. The summed E-state index contributed by atoms with van der Waals surface area (Å²) in [5.74, 6) is 0.769. The molecule has 7 nitrogen and oxygen atoms in total. The molecule has 0 spiro atoms. The number of carbonyl (C=O) groups is 1. The van der Waals surface area contributed by atoms with Gasteiger partial charge in [-0.1, -0.05) is 48.0 Å². The molecule has 1 aliphatic heterocycles. The Labute approximate surface area is 217 Å². The van der Waals surface area contributed by atoms with Crippen molar-refractivity contribution in [2.75, 3.05) is 13.7 Å². The zero-order valence-corrected chi connectivity index (χ0v) is 22.0. The van der Waals surface area contributed by atoms with Crippen LogP contribution in [-0.2, 0) is 21.4 Å². The van der Waals surface area contributed by atoms with E-state index in [1.165, 1.54) is 17.0 Å². The van der Waals surface area contributed by atoms with Gasteiger partial charge in [0.05, 0.1) is 16.4 Å². The fourth-order valence-electron chi connectivity index (χ4n) is 3.22. The number of carbonyl (C=O) groups excluding carboxylic acids is 1. The highest BCUT2D eigenvalue weighted by Crippen LogP contribution is 2.36. The van der Waals surface area contributed by atoms with Gasteiger partial charge in [0.2, 0.25) is 0 Å². The first-order valence-corrected chi connectivity index (χ1v) is 13.9. The molecule has 2 heterocycles. The third-order valence-corrected chi connectivity index (χ3v) is 9.02. The number of thiophene rings is 1. The smallest absolute Gasteiger partial charge is 0.294 e. The van der Waals surface area contributed by atoms with E-state index in [-0.39, 0.29) is 21.8 Å². The SMILES string of the molecule is CCN1C(=O)C(=Cc2ccc(OCc3ccccc3)c(OC)c2)SC1=NS(=O)(=O)c1ccc(Cl)s1. The zero-order valence-electron chi connectivity index (χ0n) is 18.8. The van der Waals surface area contributed by atoms with Crippen LogP contribution in [0.3, 0.4) is 0 Å². The summed E-state index contributed by atoms with van der Waals surface area (Å²) in [5.41, 5.74) is 1.73. The topological polar surface area (TPSA) is 85.3 Å². The van der Waals surface area contributed by atoms with Gasteiger partial charge in [-0.3, -0.25) is 9.69 Å².